The minimum atomic E-state index is 0.120. The van der Waals surface area contributed by atoms with Crippen molar-refractivity contribution >= 4 is 5.69 Å². The molecule has 14 heavy (non-hydrogen) atoms. The molecule has 0 radical (unpaired) electrons. The highest BCUT2D eigenvalue weighted by atomic mass is 16.5. The molecular weight excluding hydrogens is 178 g/mol. The first-order chi connectivity index (χ1) is 6.63. The predicted molar refractivity (Wildman–Crippen MR) is 57.8 cm³/mol. The van der Waals surface area contributed by atoms with Crippen LogP contribution in [0.15, 0.2) is 18.2 Å². The van der Waals surface area contributed by atoms with Gasteiger partial charge in [0.1, 0.15) is 11.5 Å². The summed E-state index contributed by atoms with van der Waals surface area (Å²) in [7, 11) is 0. The van der Waals surface area contributed by atoms with E-state index >= 15 is 0 Å². The minimum Gasteiger partial charge on any atom is -0.494 e. The number of nitrogens with two attached hydrogens (primary N) is 1. The molecule has 1 rings (SSSR count). The molecule has 0 spiro atoms. The molecule has 3 nitrogen and oxygen atoms in total. The van der Waals surface area contributed by atoms with E-state index in [2.05, 4.69) is 0 Å². The van der Waals surface area contributed by atoms with Crippen molar-refractivity contribution in [2.75, 3.05) is 12.3 Å². The van der Waals surface area contributed by atoms with Crippen molar-refractivity contribution in [3.63, 3.8) is 0 Å². The number of rotatable bonds is 4. The Kier molecular flexibility index (Phi) is 3.63. The van der Waals surface area contributed by atoms with Crippen LogP contribution >= 0.6 is 0 Å². The van der Waals surface area contributed by atoms with Gasteiger partial charge in [-0.25, -0.2) is 0 Å². The highest BCUT2D eigenvalue weighted by Gasteiger charge is 2.04. The van der Waals surface area contributed by atoms with Gasteiger partial charge >= 0.3 is 0 Å². The Morgan fingerprint density at radius 1 is 1.36 bits per heavy atom. The zero-order valence-corrected chi connectivity index (χ0v) is 8.91. The van der Waals surface area contributed by atoms with Gasteiger partial charge in [0, 0.05) is 6.07 Å². The van der Waals surface area contributed by atoms with E-state index in [1.165, 1.54) is 0 Å². The lowest BCUT2D eigenvalue weighted by Crippen LogP contribution is -2.07. The van der Waals surface area contributed by atoms with Crippen LogP contribution in [0.5, 0.6) is 11.5 Å². The average molecular weight is 195 g/mol. The van der Waals surface area contributed by atoms with Gasteiger partial charge in [0.2, 0.25) is 0 Å². The second kappa shape index (κ2) is 4.74. The smallest absolute Gasteiger partial charge is 0.146 e. The maximum Gasteiger partial charge on any atom is 0.146 e. The number of ether oxygens (including phenoxy) is 2. The van der Waals surface area contributed by atoms with E-state index < -0.39 is 0 Å². The van der Waals surface area contributed by atoms with Crippen LogP contribution < -0.4 is 15.2 Å². The lowest BCUT2D eigenvalue weighted by molar-refractivity contribution is 0.242. The van der Waals surface area contributed by atoms with Crippen LogP contribution in [0.1, 0.15) is 20.8 Å². The first kappa shape index (κ1) is 10.7. The molecule has 0 atom stereocenters. The monoisotopic (exact) mass is 195 g/mol. The number of nitrogen functional groups attached to an aromatic ring is 1. The van der Waals surface area contributed by atoms with Gasteiger partial charge in [-0.15, -0.1) is 0 Å². The molecule has 78 valence electrons. The first-order valence-electron chi connectivity index (χ1n) is 4.82. The number of hydrogen-bond donors (Lipinski definition) is 1. The van der Waals surface area contributed by atoms with Crippen molar-refractivity contribution < 1.29 is 9.47 Å². The second-order valence-electron chi connectivity index (χ2n) is 3.30. The molecule has 0 aliphatic rings. The Morgan fingerprint density at radius 2 is 2.07 bits per heavy atom. The maximum absolute atomic E-state index is 5.75. The molecule has 0 aromatic heterocycles. The van der Waals surface area contributed by atoms with Gasteiger partial charge in [-0.2, -0.15) is 0 Å². The summed E-state index contributed by atoms with van der Waals surface area (Å²) in [5.74, 6) is 1.48. The normalized spacial score (nSPS) is 10.3. The van der Waals surface area contributed by atoms with E-state index in [0.717, 1.165) is 5.75 Å². The first-order valence-corrected chi connectivity index (χ1v) is 4.82. The third-order valence-corrected chi connectivity index (χ3v) is 1.66. The summed E-state index contributed by atoms with van der Waals surface area (Å²) in [6.07, 6.45) is 0.120. The molecule has 2 N–H and O–H groups in total. The van der Waals surface area contributed by atoms with Gasteiger partial charge < -0.3 is 15.2 Å². The van der Waals surface area contributed by atoms with E-state index in [-0.39, 0.29) is 6.10 Å². The summed E-state index contributed by atoms with van der Waals surface area (Å²) in [6, 6.07) is 5.45. The highest BCUT2D eigenvalue weighted by molar-refractivity contribution is 5.55. The minimum absolute atomic E-state index is 0.120. The van der Waals surface area contributed by atoms with Gasteiger partial charge in [0.25, 0.3) is 0 Å². The summed E-state index contributed by atoms with van der Waals surface area (Å²) in [4.78, 5) is 0. The van der Waals surface area contributed by atoms with E-state index in [1.807, 2.05) is 32.9 Å². The zero-order chi connectivity index (χ0) is 10.6. The molecule has 0 bridgehead atoms. The van der Waals surface area contributed by atoms with E-state index in [0.29, 0.717) is 18.0 Å². The van der Waals surface area contributed by atoms with Gasteiger partial charge in [-0.3, -0.25) is 0 Å². The van der Waals surface area contributed by atoms with Crippen LogP contribution in [0.3, 0.4) is 0 Å². The van der Waals surface area contributed by atoms with Crippen molar-refractivity contribution in [3.8, 4) is 11.5 Å². The van der Waals surface area contributed by atoms with Gasteiger partial charge in [-0.05, 0) is 32.9 Å². The molecule has 0 heterocycles. The summed E-state index contributed by atoms with van der Waals surface area (Å²) in [5, 5.41) is 0. The molecular formula is C11H17NO2. The summed E-state index contributed by atoms with van der Waals surface area (Å²) < 4.78 is 10.9. The fraction of sp³-hybridized carbons (Fsp3) is 0.455. The van der Waals surface area contributed by atoms with Crippen LogP contribution in [-0.4, -0.2) is 12.7 Å². The molecule has 0 aliphatic heterocycles. The molecule has 0 unspecified atom stereocenters. The number of hydrogen-bond acceptors (Lipinski definition) is 3. The maximum atomic E-state index is 5.75. The largest absolute Gasteiger partial charge is 0.494 e. The molecule has 1 aromatic carbocycles. The van der Waals surface area contributed by atoms with Crippen molar-refractivity contribution in [3.05, 3.63) is 18.2 Å². The topological polar surface area (TPSA) is 44.5 Å². The molecule has 0 amide bonds. The summed E-state index contributed by atoms with van der Waals surface area (Å²) >= 11 is 0. The van der Waals surface area contributed by atoms with Crippen LogP contribution in [-0.2, 0) is 0 Å². The standard InChI is InChI=1S/C11H17NO2/c1-4-13-9-5-6-10(12)11(7-9)14-8(2)3/h5-8H,4,12H2,1-3H3. The Bertz CT molecular complexity index is 297. The van der Waals surface area contributed by atoms with E-state index in [4.69, 9.17) is 15.2 Å². The molecule has 0 aliphatic carbocycles. The van der Waals surface area contributed by atoms with Crippen LogP contribution in [0, 0.1) is 0 Å². The molecule has 0 fully saturated rings. The third kappa shape index (κ3) is 2.83. The molecule has 0 saturated heterocycles. The Labute approximate surface area is 84.8 Å². The van der Waals surface area contributed by atoms with Crippen molar-refractivity contribution in [1.29, 1.82) is 0 Å². The van der Waals surface area contributed by atoms with Gasteiger partial charge in [0.05, 0.1) is 18.4 Å². The predicted octanol–water partition coefficient (Wildman–Crippen LogP) is 2.45. The van der Waals surface area contributed by atoms with Crippen LogP contribution in [0.25, 0.3) is 0 Å². The molecule has 3 heteroatoms. The van der Waals surface area contributed by atoms with Crippen LogP contribution in [0.2, 0.25) is 0 Å². The average Bonchev–Trinajstić information content (AvgIpc) is 2.10. The van der Waals surface area contributed by atoms with Gasteiger partial charge in [-0.1, -0.05) is 0 Å². The molecule has 0 saturated carbocycles. The SMILES string of the molecule is CCOc1ccc(N)c(OC(C)C)c1. The van der Waals surface area contributed by atoms with Crippen LogP contribution in [0.4, 0.5) is 5.69 Å². The van der Waals surface area contributed by atoms with Crippen molar-refractivity contribution in [2.45, 2.75) is 26.9 Å². The highest BCUT2D eigenvalue weighted by Crippen LogP contribution is 2.27. The van der Waals surface area contributed by atoms with E-state index in [9.17, 15) is 0 Å². The second-order valence-corrected chi connectivity index (χ2v) is 3.30. The Hall–Kier alpha value is -1.38. The summed E-state index contributed by atoms with van der Waals surface area (Å²) in [5.41, 5.74) is 6.39. The zero-order valence-electron chi connectivity index (χ0n) is 8.91. The summed E-state index contributed by atoms with van der Waals surface area (Å²) in [6.45, 7) is 6.52. The Morgan fingerprint density at radius 3 is 2.64 bits per heavy atom. The lowest BCUT2D eigenvalue weighted by atomic mass is 10.3. The van der Waals surface area contributed by atoms with Gasteiger partial charge in [0.15, 0.2) is 0 Å². The lowest BCUT2D eigenvalue weighted by Gasteiger charge is -2.13. The third-order valence-electron chi connectivity index (χ3n) is 1.66. The molecule has 1 aromatic rings. The quantitative estimate of drug-likeness (QED) is 0.750. The fourth-order valence-electron chi connectivity index (χ4n) is 1.13. The van der Waals surface area contributed by atoms with Crippen molar-refractivity contribution in [1.82, 2.24) is 0 Å². The Balaban J connectivity index is 2.84. The van der Waals surface area contributed by atoms with Crippen molar-refractivity contribution in [2.24, 2.45) is 0 Å². The fourth-order valence-corrected chi connectivity index (χ4v) is 1.13. The number of benzene rings is 1. The van der Waals surface area contributed by atoms with E-state index in [1.54, 1.807) is 6.07 Å². The number of anilines is 1.